The fraction of sp³-hybridized carbons (Fsp3) is 0.478. The van der Waals surface area contributed by atoms with E-state index in [1.54, 1.807) is 19.1 Å². The smallest absolute Gasteiger partial charge is 0.277 e. The molecule has 0 saturated heterocycles. The molecule has 1 nitrogen and oxygen atoms in total. The lowest BCUT2D eigenvalue weighted by Gasteiger charge is -2.46. The van der Waals surface area contributed by atoms with E-state index in [1.165, 1.54) is 6.07 Å². The minimum atomic E-state index is -2.92. The Hall–Kier alpha value is -1.81. The van der Waals surface area contributed by atoms with Crippen molar-refractivity contribution in [2.75, 3.05) is 6.61 Å². The third-order valence-electron chi connectivity index (χ3n) is 5.69. The summed E-state index contributed by atoms with van der Waals surface area (Å²) < 4.78 is 50.4. The number of hydrogen-bond acceptors (Lipinski definition) is 1. The highest BCUT2D eigenvalue weighted by Crippen LogP contribution is 2.51. The Morgan fingerprint density at radius 1 is 1.07 bits per heavy atom. The van der Waals surface area contributed by atoms with Crippen molar-refractivity contribution in [3.05, 3.63) is 59.9 Å². The molecule has 4 heteroatoms. The van der Waals surface area contributed by atoms with Crippen LogP contribution in [0.15, 0.2) is 48.5 Å². The molecule has 1 aliphatic rings. The van der Waals surface area contributed by atoms with Crippen molar-refractivity contribution in [2.24, 2.45) is 0 Å². The Bertz CT molecular complexity index is 751. The van der Waals surface area contributed by atoms with Gasteiger partial charge in [0.1, 0.15) is 11.4 Å². The topological polar surface area (TPSA) is 9.23 Å². The Kier molecular flexibility index (Phi) is 5.95. The van der Waals surface area contributed by atoms with Gasteiger partial charge in [0.05, 0.1) is 0 Å². The van der Waals surface area contributed by atoms with E-state index in [-0.39, 0.29) is 24.8 Å². The summed E-state index contributed by atoms with van der Waals surface area (Å²) in [5.41, 5.74) is 0.550. The Labute approximate surface area is 159 Å². The predicted octanol–water partition coefficient (Wildman–Crippen LogP) is 6.97. The van der Waals surface area contributed by atoms with Crippen molar-refractivity contribution in [3.8, 4) is 11.1 Å². The zero-order valence-corrected chi connectivity index (χ0v) is 16.0. The maximum absolute atomic E-state index is 15.1. The van der Waals surface area contributed by atoms with Crippen molar-refractivity contribution in [1.82, 2.24) is 0 Å². The lowest BCUT2D eigenvalue weighted by Crippen LogP contribution is -2.53. The van der Waals surface area contributed by atoms with E-state index < -0.39 is 11.5 Å². The molecule has 1 aliphatic carbocycles. The lowest BCUT2D eigenvalue weighted by atomic mass is 9.71. The molecule has 1 saturated carbocycles. The average Bonchev–Trinajstić information content (AvgIpc) is 2.65. The molecule has 146 valence electrons. The van der Waals surface area contributed by atoms with Gasteiger partial charge >= 0.3 is 0 Å². The number of rotatable bonds is 6. The van der Waals surface area contributed by atoms with Gasteiger partial charge in [-0.1, -0.05) is 55.8 Å². The molecular weight excluding hydrogens is 349 g/mol. The number of benzene rings is 2. The first-order chi connectivity index (χ1) is 12.9. The Balaban J connectivity index is 1.83. The van der Waals surface area contributed by atoms with Crippen molar-refractivity contribution in [2.45, 2.75) is 63.4 Å². The van der Waals surface area contributed by atoms with Crippen LogP contribution in [0.25, 0.3) is 11.1 Å². The second kappa shape index (κ2) is 8.05. The van der Waals surface area contributed by atoms with Gasteiger partial charge in [0.2, 0.25) is 0 Å². The van der Waals surface area contributed by atoms with Gasteiger partial charge < -0.3 is 4.74 Å². The van der Waals surface area contributed by atoms with E-state index in [4.69, 9.17) is 4.74 Å². The molecule has 0 heterocycles. The fourth-order valence-electron chi connectivity index (χ4n) is 4.35. The summed E-state index contributed by atoms with van der Waals surface area (Å²) in [6, 6.07) is 14.2. The molecule has 0 aromatic heterocycles. The summed E-state index contributed by atoms with van der Waals surface area (Å²) >= 11 is 0. The molecule has 0 spiro atoms. The zero-order valence-electron chi connectivity index (χ0n) is 16.0. The first kappa shape index (κ1) is 19.9. The van der Waals surface area contributed by atoms with E-state index in [2.05, 4.69) is 0 Å². The van der Waals surface area contributed by atoms with Crippen LogP contribution in [-0.2, 0) is 4.74 Å². The van der Waals surface area contributed by atoms with Crippen molar-refractivity contribution in [1.29, 1.82) is 0 Å². The second-order valence-electron chi connectivity index (χ2n) is 7.43. The highest BCUT2D eigenvalue weighted by atomic mass is 19.3. The highest BCUT2D eigenvalue weighted by molar-refractivity contribution is 5.64. The highest BCUT2D eigenvalue weighted by Gasteiger charge is 2.57. The zero-order chi connectivity index (χ0) is 19.5. The maximum atomic E-state index is 15.1. The lowest BCUT2D eigenvalue weighted by molar-refractivity contribution is -0.233. The molecule has 2 atom stereocenters. The summed E-state index contributed by atoms with van der Waals surface area (Å²) in [6.07, 6.45) is 1.59. The van der Waals surface area contributed by atoms with Gasteiger partial charge in [-0.15, -0.1) is 0 Å². The molecule has 2 aromatic carbocycles. The van der Waals surface area contributed by atoms with Gasteiger partial charge in [0.15, 0.2) is 0 Å². The Morgan fingerprint density at radius 2 is 1.81 bits per heavy atom. The normalized spacial score (nSPS) is 24.7. The van der Waals surface area contributed by atoms with Crippen molar-refractivity contribution in [3.63, 3.8) is 0 Å². The van der Waals surface area contributed by atoms with Crippen LogP contribution in [-0.4, -0.2) is 18.1 Å². The van der Waals surface area contributed by atoms with Gasteiger partial charge in [0, 0.05) is 18.6 Å². The van der Waals surface area contributed by atoms with Crippen LogP contribution in [0.5, 0.6) is 0 Å². The molecule has 1 fully saturated rings. The van der Waals surface area contributed by atoms with Crippen LogP contribution in [0.3, 0.4) is 0 Å². The van der Waals surface area contributed by atoms with Gasteiger partial charge in [0.25, 0.3) is 5.92 Å². The van der Waals surface area contributed by atoms with E-state index in [9.17, 15) is 4.39 Å². The molecular formula is C23H27F3O. The molecule has 0 radical (unpaired) electrons. The van der Waals surface area contributed by atoms with Gasteiger partial charge in [-0.3, -0.25) is 0 Å². The third kappa shape index (κ3) is 3.91. The summed E-state index contributed by atoms with van der Waals surface area (Å²) in [5.74, 6) is -3.64. The number of halogens is 3. The van der Waals surface area contributed by atoms with Gasteiger partial charge in [-0.05, 0) is 49.3 Å². The van der Waals surface area contributed by atoms with Crippen LogP contribution in [0.2, 0.25) is 0 Å². The molecule has 27 heavy (non-hydrogen) atoms. The minimum Gasteiger partial charge on any atom is -0.369 e. The number of ether oxygens (including phenoxy) is 1. The van der Waals surface area contributed by atoms with Crippen LogP contribution in [0.4, 0.5) is 13.2 Å². The molecule has 3 rings (SSSR count). The monoisotopic (exact) mass is 376 g/mol. The van der Waals surface area contributed by atoms with E-state index in [0.717, 1.165) is 5.56 Å². The quantitative estimate of drug-likeness (QED) is 0.529. The summed E-state index contributed by atoms with van der Waals surface area (Å²) in [7, 11) is 0. The van der Waals surface area contributed by atoms with E-state index >= 15 is 8.78 Å². The summed E-state index contributed by atoms with van der Waals surface area (Å²) in [4.78, 5) is 0. The SMILES string of the molecule is CCCC1(OCC)CCC(c2ccc(-c3ccccc3)c(F)c2)CC1(F)F. The fourth-order valence-corrected chi connectivity index (χ4v) is 4.35. The number of hydrogen-bond donors (Lipinski definition) is 0. The first-order valence-corrected chi connectivity index (χ1v) is 9.79. The number of alkyl halides is 2. The summed E-state index contributed by atoms with van der Waals surface area (Å²) in [6.45, 7) is 3.94. The summed E-state index contributed by atoms with van der Waals surface area (Å²) in [5, 5.41) is 0. The molecule has 0 bridgehead atoms. The third-order valence-corrected chi connectivity index (χ3v) is 5.69. The van der Waals surface area contributed by atoms with E-state index in [0.29, 0.717) is 36.8 Å². The first-order valence-electron chi connectivity index (χ1n) is 9.79. The van der Waals surface area contributed by atoms with Crippen LogP contribution < -0.4 is 0 Å². The van der Waals surface area contributed by atoms with Gasteiger partial charge in [-0.25, -0.2) is 13.2 Å². The van der Waals surface area contributed by atoms with Crippen LogP contribution in [0.1, 0.15) is 57.4 Å². The van der Waals surface area contributed by atoms with E-state index in [1.807, 2.05) is 37.3 Å². The molecule has 0 aliphatic heterocycles. The minimum absolute atomic E-state index is 0.278. The van der Waals surface area contributed by atoms with Crippen LogP contribution in [0, 0.1) is 5.82 Å². The van der Waals surface area contributed by atoms with Crippen LogP contribution >= 0.6 is 0 Å². The molecule has 0 amide bonds. The predicted molar refractivity (Wildman–Crippen MR) is 103 cm³/mol. The molecule has 2 unspecified atom stereocenters. The maximum Gasteiger partial charge on any atom is 0.277 e. The Morgan fingerprint density at radius 3 is 2.41 bits per heavy atom. The van der Waals surface area contributed by atoms with Gasteiger partial charge in [-0.2, -0.15) is 0 Å². The molecule has 0 N–H and O–H groups in total. The molecule has 2 aromatic rings. The second-order valence-corrected chi connectivity index (χ2v) is 7.43. The average molecular weight is 376 g/mol. The largest absolute Gasteiger partial charge is 0.369 e. The van der Waals surface area contributed by atoms with Crippen molar-refractivity contribution >= 4 is 0 Å². The van der Waals surface area contributed by atoms with Crippen molar-refractivity contribution < 1.29 is 17.9 Å². The standard InChI is InChI=1S/C23H27F3O/c1-3-13-22(27-4-2)14-12-19(16-23(22,25)26)18-10-11-20(21(24)15-18)17-8-6-5-7-9-17/h5-11,15,19H,3-4,12-14,16H2,1-2H3.